The van der Waals surface area contributed by atoms with Crippen molar-refractivity contribution < 1.29 is 4.74 Å². The number of hydrazine groups is 1. The third kappa shape index (κ3) is 4.48. The fourth-order valence-electron chi connectivity index (χ4n) is 1.26. The van der Waals surface area contributed by atoms with Gasteiger partial charge in [0.1, 0.15) is 0 Å². The van der Waals surface area contributed by atoms with Gasteiger partial charge in [-0.05, 0) is 18.8 Å². The predicted octanol–water partition coefficient (Wildman–Crippen LogP) is 0.229. The van der Waals surface area contributed by atoms with Crippen molar-refractivity contribution in [2.24, 2.45) is 16.8 Å². The van der Waals surface area contributed by atoms with Crippen LogP contribution < -0.4 is 16.6 Å². The highest BCUT2D eigenvalue weighted by molar-refractivity contribution is 5.79. The second kappa shape index (κ2) is 5.92. The van der Waals surface area contributed by atoms with Crippen molar-refractivity contribution in [3.05, 3.63) is 0 Å². The first-order valence-corrected chi connectivity index (χ1v) is 5.47. The van der Waals surface area contributed by atoms with Gasteiger partial charge in [0.05, 0.1) is 18.7 Å². The van der Waals surface area contributed by atoms with Crippen LogP contribution in [0.3, 0.4) is 0 Å². The molecule has 0 aromatic carbocycles. The van der Waals surface area contributed by atoms with Gasteiger partial charge < -0.3 is 10.1 Å². The maximum Gasteiger partial charge on any atom is 0.206 e. The average Bonchev–Trinajstić information content (AvgIpc) is 2.99. The summed E-state index contributed by atoms with van der Waals surface area (Å²) in [4.78, 5) is 4.42. The van der Waals surface area contributed by atoms with Crippen LogP contribution in [-0.2, 0) is 4.74 Å². The number of guanidine groups is 1. The van der Waals surface area contributed by atoms with Crippen LogP contribution in [0.2, 0.25) is 0 Å². The number of methoxy groups -OCH3 is 1. The molecule has 0 heterocycles. The summed E-state index contributed by atoms with van der Waals surface area (Å²) < 4.78 is 5.15. The Morgan fingerprint density at radius 3 is 2.60 bits per heavy atom. The Morgan fingerprint density at radius 2 is 2.20 bits per heavy atom. The van der Waals surface area contributed by atoms with Gasteiger partial charge in [-0.3, -0.25) is 5.43 Å². The molecule has 1 saturated carbocycles. The molecule has 1 aliphatic carbocycles. The molecule has 0 radical (unpaired) electrons. The first-order chi connectivity index (χ1) is 7.17. The van der Waals surface area contributed by atoms with Crippen LogP contribution in [0.1, 0.15) is 26.7 Å². The van der Waals surface area contributed by atoms with Gasteiger partial charge in [0.2, 0.25) is 5.96 Å². The minimum atomic E-state index is 0.239. The molecule has 0 aliphatic heterocycles. The number of nitrogens with zero attached hydrogens (tertiary/aromatic N) is 1. The quantitative estimate of drug-likeness (QED) is 0.265. The zero-order chi connectivity index (χ0) is 11.3. The number of hydrogen-bond donors (Lipinski definition) is 3. The SMILES string of the molecule is COCC(NC(=NC1CC1)NN)C(C)C. The van der Waals surface area contributed by atoms with E-state index in [0.717, 1.165) is 0 Å². The molecule has 0 saturated heterocycles. The molecular weight excluding hydrogens is 192 g/mol. The van der Waals surface area contributed by atoms with Gasteiger partial charge in [-0.25, -0.2) is 10.8 Å². The Hall–Kier alpha value is -0.810. The summed E-state index contributed by atoms with van der Waals surface area (Å²) in [6.45, 7) is 4.94. The van der Waals surface area contributed by atoms with E-state index in [9.17, 15) is 0 Å². The van der Waals surface area contributed by atoms with Crippen LogP contribution in [0, 0.1) is 5.92 Å². The topological polar surface area (TPSA) is 71.7 Å². The summed E-state index contributed by atoms with van der Waals surface area (Å²) in [5.74, 6) is 6.56. The van der Waals surface area contributed by atoms with Crippen LogP contribution in [0.25, 0.3) is 0 Å². The summed E-state index contributed by atoms with van der Waals surface area (Å²) in [6, 6.07) is 0.697. The minimum absolute atomic E-state index is 0.239. The highest BCUT2D eigenvalue weighted by Crippen LogP contribution is 2.23. The van der Waals surface area contributed by atoms with Crippen molar-refractivity contribution in [1.29, 1.82) is 0 Å². The van der Waals surface area contributed by atoms with Crippen molar-refractivity contribution in [3.8, 4) is 0 Å². The molecular formula is C10H22N4O. The molecule has 5 heteroatoms. The Balaban J connectivity index is 2.45. The van der Waals surface area contributed by atoms with Gasteiger partial charge in [0, 0.05) is 7.11 Å². The summed E-state index contributed by atoms with van der Waals surface area (Å²) in [7, 11) is 1.70. The van der Waals surface area contributed by atoms with E-state index in [1.165, 1.54) is 12.8 Å². The third-order valence-corrected chi connectivity index (χ3v) is 2.47. The summed E-state index contributed by atoms with van der Waals surface area (Å²) in [5, 5.41) is 3.26. The largest absolute Gasteiger partial charge is 0.383 e. The molecule has 1 atom stereocenters. The van der Waals surface area contributed by atoms with Crippen molar-refractivity contribution in [2.75, 3.05) is 13.7 Å². The van der Waals surface area contributed by atoms with E-state index in [0.29, 0.717) is 24.5 Å². The first-order valence-electron chi connectivity index (χ1n) is 5.47. The van der Waals surface area contributed by atoms with Crippen molar-refractivity contribution >= 4 is 5.96 Å². The van der Waals surface area contributed by atoms with E-state index in [1.54, 1.807) is 7.11 Å². The van der Waals surface area contributed by atoms with Crippen LogP contribution in [0.4, 0.5) is 0 Å². The molecule has 4 N–H and O–H groups in total. The van der Waals surface area contributed by atoms with E-state index >= 15 is 0 Å². The lowest BCUT2D eigenvalue weighted by atomic mass is 10.1. The van der Waals surface area contributed by atoms with E-state index in [4.69, 9.17) is 10.6 Å². The molecule has 88 valence electrons. The number of nitrogens with one attached hydrogen (secondary N) is 2. The second-order valence-corrected chi connectivity index (χ2v) is 4.30. The van der Waals surface area contributed by atoms with Gasteiger partial charge >= 0.3 is 0 Å². The highest BCUT2D eigenvalue weighted by Gasteiger charge is 2.22. The van der Waals surface area contributed by atoms with Gasteiger partial charge in [-0.1, -0.05) is 13.8 Å². The smallest absolute Gasteiger partial charge is 0.206 e. The van der Waals surface area contributed by atoms with E-state index in [1.807, 2.05) is 0 Å². The van der Waals surface area contributed by atoms with Crippen LogP contribution in [-0.4, -0.2) is 31.8 Å². The Morgan fingerprint density at radius 1 is 1.53 bits per heavy atom. The third-order valence-electron chi connectivity index (χ3n) is 2.47. The normalized spacial score (nSPS) is 19.1. The zero-order valence-corrected chi connectivity index (χ0v) is 9.79. The van der Waals surface area contributed by atoms with Crippen molar-refractivity contribution in [2.45, 2.75) is 38.8 Å². The maximum absolute atomic E-state index is 5.41. The van der Waals surface area contributed by atoms with Gasteiger partial charge in [0.25, 0.3) is 0 Å². The van der Waals surface area contributed by atoms with Gasteiger partial charge in [-0.15, -0.1) is 0 Å². The standard InChI is InChI=1S/C10H22N4O/c1-7(2)9(6-15-3)13-10(14-11)12-8-4-5-8/h7-9H,4-6,11H2,1-3H3,(H2,12,13,14). The first kappa shape index (κ1) is 12.3. The number of nitrogens with two attached hydrogens (primary N) is 1. The fourth-order valence-corrected chi connectivity index (χ4v) is 1.26. The van der Waals surface area contributed by atoms with E-state index in [2.05, 4.69) is 29.6 Å². The second-order valence-electron chi connectivity index (χ2n) is 4.30. The molecule has 0 aromatic rings. The average molecular weight is 214 g/mol. The van der Waals surface area contributed by atoms with E-state index < -0.39 is 0 Å². The number of rotatable bonds is 5. The van der Waals surface area contributed by atoms with Crippen LogP contribution >= 0.6 is 0 Å². The molecule has 0 aromatic heterocycles. The Bertz CT molecular complexity index is 213. The summed E-state index contributed by atoms with van der Waals surface area (Å²) in [5.41, 5.74) is 2.60. The molecule has 0 spiro atoms. The summed E-state index contributed by atoms with van der Waals surface area (Å²) >= 11 is 0. The lowest BCUT2D eigenvalue weighted by molar-refractivity contribution is 0.155. The lowest BCUT2D eigenvalue weighted by Crippen LogP contribution is -2.50. The molecule has 0 bridgehead atoms. The van der Waals surface area contributed by atoms with Crippen molar-refractivity contribution in [3.63, 3.8) is 0 Å². The van der Waals surface area contributed by atoms with Crippen molar-refractivity contribution in [1.82, 2.24) is 10.7 Å². The molecule has 15 heavy (non-hydrogen) atoms. The monoisotopic (exact) mass is 214 g/mol. The van der Waals surface area contributed by atoms with E-state index in [-0.39, 0.29) is 6.04 Å². The van der Waals surface area contributed by atoms with Gasteiger partial charge in [0.15, 0.2) is 0 Å². The van der Waals surface area contributed by atoms with Crippen LogP contribution in [0.5, 0.6) is 0 Å². The fraction of sp³-hybridized carbons (Fsp3) is 0.900. The summed E-state index contributed by atoms with van der Waals surface area (Å²) in [6.07, 6.45) is 2.34. The van der Waals surface area contributed by atoms with Gasteiger partial charge in [-0.2, -0.15) is 0 Å². The Kier molecular flexibility index (Phi) is 4.84. The minimum Gasteiger partial charge on any atom is -0.383 e. The number of hydrogen-bond acceptors (Lipinski definition) is 3. The lowest BCUT2D eigenvalue weighted by Gasteiger charge is -2.23. The molecule has 1 aliphatic rings. The highest BCUT2D eigenvalue weighted by atomic mass is 16.5. The predicted molar refractivity (Wildman–Crippen MR) is 61.4 cm³/mol. The van der Waals surface area contributed by atoms with Crippen LogP contribution in [0.15, 0.2) is 4.99 Å². The maximum atomic E-state index is 5.41. The zero-order valence-electron chi connectivity index (χ0n) is 9.79. The molecule has 1 unspecified atom stereocenters. The number of ether oxygens (including phenoxy) is 1. The Labute approximate surface area is 91.4 Å². The molecule has 1 rings (SSSR count). The molecule has 5 nitrogen and oxygen atoms in total. The molecule has 0 amide bonds. The molecule has 1 fully saturated rings. The number of aliphatic imine (C=N–C) groups is 1.